The van der Waals surface area contributed by atoms with Crippen molar-refractivity contribution in [2.24, 2.45) is 0 Å². The van der Waals surface area contributed by atoms with Gasteiger partial charge in [0.2, 0.25) is 0 Å². The molecule has 4 rings (SSSR count). The maximum atomic E-state index is 12.9. The van der Waals surface area contributed by atoms with Gasteiger partial charge in [-0.1, -0.05) is 6.07 Å². The first kappa shape index (κ1) is 18.5. The molecule has 10 heteroatoms. The predicted molar refractivity (Wildman–Crippen MR) is 101 cm³/mol. The monoisotopic (exact) mass is 401 g/mol. The van der Waals surface area contributed by atoms with Gasteiger partial charge >= 0.3 is 6.18 Å². The average Bonchev–Trinajstić information content (AvgIpc) is 3.04. The molecule has 2 N–H and O–H groups in total. The van der Waals surface area contributed by atoms with E-state index in [1.807, 2.05) is 0 Å². The van der Waals surface area contributed by atoms with E-state index < -0.39 is 11.7 Å². The number of aromatic amines is 1. The molecule has 0 atom stereocenters. The van der Waals surface area contributed by atoms with Crippen molar-refractivity contribution in [3.63, 3.8) is 0 Å². The number of hydrogen-bond acceptors (Lipinski definition) is 5. The van der Waals surface area contributed by atoms with Crippen molar-refractivity contribution in [1.29, 1.82) is 0 Å². The lowest BCUT2D eigenvalue weighted by Crippen LogP contribution is -2.06. The van der Waals surface area contributed by atoms with E-state index in [0.717, 1.165) is 18.3 Å². The molecule has 0 radical (unpaired) electrons. The van der Waals surface area contributed by atoms with Crippen LogP contribution < -0.4 is 15.6 Å². The van der Waals surface area contributed by atoms with Gasteiger partial charge in [-0.25, -0.2) is 9.97 Å². The minimum absolute atomic E-state index is 0.0162. The Balaban J connectivity index is 1.75. The number of fused-ring (bicyclic) bond motifs is 1. The molecule has 0 saturated carbocycles. The smallest absolute Gasteiger partial charge is 0.416 e. The summed E-state index contributed by atoms with van der Waals surface area (Å²) >= 11 is 0. The Morgan fingerprint density at radius 1 is 1.10 bits per heavy atom. The molecule has 3 heterocycles. The number of hydrogen-bond donors (Lipinski definition) is 2. The third-order valence-electron chi connectivity index (χ3n) is 4.24. The lowest BCUT2D eigenvalue weighted by atomic mass is 10.2. The Hall–Kier alpha value is -3.82. The summed E-state index contributed by atoms with van der Waals surface area (Å²) in [6.07, 6.45) is -2.07. The van der Waals surface area contributed by atoms with Crippen LogP contribution in [0, 0.1) is 0 Å². The number of anilines is 2. The van der Waals surface area contributed by atoms with Crippen LogP contribution in [-0.2, 0) is 6.18 Å². The fraction of sp³-hybridized carbons (Fsp3) is 0.105. The first-order valence-corrected chi connectivity index (χ1v) is 8.40. The number of pyridine rings is 2. The highest BCUT2D eigenvalue weighted by molar-refractivity contribution is 5.82. The Labute approximate surface area is 161 Å². The van der Waals surface area contributed by atoms with E-state index in [9.17, 15) is 18.0 Å². The van der Waals surface area contributed by atoms with Gasteiger partial charge < -0.3 is 10.1 Å². The number of nitrogens with one attached hydrogen (secondary N) is 2. The summed E-state index contributed by atoms with van der Waals surface area (Å²) in [4.78, 5) is 20.2. The lowest BCUT2D eigenvalue weighted by molar-refractivity contribution is -0.137. The molecule has 0 unspecified atom stereocenters. The third-order valence-corrected chi connectivity index (χ3v) is 4.24. The molecule has 0 amide bonds. The number of aromatic nitrogens is 4. The Morgan fingerprint density at radius 2 is 1.90 bits per heavy atom. The van der Waals surface area contributed by atoms with Crippen LogP contribution in [-0.4, -0.2) is 26.9 Å². The topological polar surface area (TPSA) is 84.8 Å². The van der Waals surface area contributed by atoms with Crippen LogP contribution in [0.1, 0.15) is 5.56 Å². The molecule has 7 nitrogen and oxygen atoms in total. The molecule has 29 heavy (non-hydrogen) atoms. The van der Waals surface area contributed by atoms with Gasteiger partial charge in [-0.3, -0.25) is 14.6 Å². The highest BCUT2D eigenvalue weighted by Gasteiger charge is 2.30. The van der Waals surface area contributed by atoms with Gasteiger partial charge in [0.05, 0.1) is 29.3 Å². The molecule has 3 aromatic heterocycles. The van der Waals surface area contributed by atoms with Crippen LogP contribution in [0.15, 0.2) is 59.7 Å². The van der Waals surface area contributed by atoms with Crippen molar-refractivity contribution >= 4 is 22.5 Å². The van der Waals surface area contributed by atoms with E-state index in [1.165, 1.54) is 13.3 Å². The molecule has 0 aliphatic heterocycles. The van der Waals surface area contributed by atoms with Gasteiger partial charge in [-0.05, 0) is 24.3 Å². The standard InChI is InChI=1S/C19H14F3N5O2/c1-29-13-4-2-3-12(8-13)27-15-9-17(24-10-14(15)18(28)26-27)25-16-7-11(5-6-23-16)19(20,21)22/h2-10H,1H3,(H,26,28)(H,23,24,25). The molecule has 0 spiro atoms. The summed E-state index contributed by atoms with van der Waals surface area (Å²) < 4.78 is 45.4. The number of nitrogens with zero attached hydrogens (tertiary/aromatic N) is 3. The molecule has 0 aliphatic carbocycles. The van der Waals surface area contributed by atoms with E-state index in [-0.39, 0.29) is 17.2 Å². The fourth-order valence-electron chi connectivity index (χ4n) is 2.85. The number of alkyl halides is 3. The van der Waals surface area contributed by atoms with Crippen LogP contribution in [0.4, 0.5) is 24.8 Å². The minimum atomic E-state index is -4.48. The second-order valence-corrected chi connectivity index (χ2v) is 6.12. The van der Waals surface area contributed by atoms with Gasteiger partial charge in [0.25, 0.3) is 5.56 Å². The maximum Gasteiger partial charge on any atom is 0.416 e. The van der Waals surface area contributed by atoms with Crippen LogP contribution in [0.2, 0.25) is 0 Å². The summed E-state index contributed by atoms with van der Waals surface area (Å²) in [7, 11) is 1.53. The second-order valence-electron chi connectivity index (χ2n) is 6.12. The highest BCUT2D eigenvalue weighted by Crippen LogP contribution is 2.30. The van der Waals surface area contributed by atoms with E-state index in [0.29, 0.717) is 22.3 Å². The first-order valence-electron chi connectivity index (χ1n) is 8.40. The van der Waals surface area contributed by atoms with Crippen molar-refractivity contribution in [3.8, 4) is 11.4 Å². The van der Waals surface area contributed by atoms with Gasteiger partial charge in [0.15, 0.2) is 0 Å². The third kappa shape index (κ3) is 3.64. The number of halogens is 3. The zero-order chi connectivity index (χ0) is 20.6. The normalized spacial score (nSPS) is 11.6. The summed E-state index contributed by atoms with van der Waals surface area (Å²) in [6.45, 7) is 0. The zero-order valence-electron chi connectivity index (χ0n) is 15.0. The molecule has 0 saturated heterocycles. The van der Waals surface area contributed by atoms with Gasteiger partial charge in [0.1, 0.15) is 17.4 Å². The Bertz CT molecular complexity index is 1250. The maximum absolute atomic E-state index is 12.9. The predicted octanol–water partition coefficient (Wildman–Crippen LogP) is 3.88. The van der Waals surface area contributed by atoms with Crippen molar-refractivity contribution < 1.29 is 17.9 Å². The molecule has 4 aromatic rings. The van der Waals surface area contributed by atoms with Gasteiger partial charge in [0, 0.05) is 24.5 Å². The van der Waals surface area contributed by atoms with Crippen molar-refractivity contribution in [2.45, 2.75) is 6.18 Å². The number of benzene rings is 1. The molecular weight excluding hydrogens is 387 g/mol. The van der Waals surface area contributed by atoms with Crippen LogP contribution >= 0.6 is 0 Å². The summed E-state index contributed by atoms with van der Waals surface area (Å²) in [5, 5.41) is 5.79. The summed E-state index contributed by atoms with van der Waals surface area (Å²) in [5.74, 6) is 0.822. The highest BCUT2D eigenvalue weighted by atomic mass is 19.4. The van der Waals surface area contributed by atoms with Crippen molar-refractivity contribution in [3.05, 3.63) is 70.8 Å². The minimum Gasteiger partial charge on any atom is -0.497 e. The summed E-state index contributed by atoms with van der Waals surface area (Å²) in [5.41, 5.74) is -0.0383. The molecule has 148 valence electrons. The lowest BCUT2D eigenvalue weighted by Gasteiger charge is -2.10. The second kappa shape index (κ2) is 6.97. The number of methoxy groups -OCH3 is 1. The average molecular weight is 401 g/mol. The quantitative estimate of drug-likeness (QED) is 0.542. The first-order chi connectivity index (χ1) is 13.8. The van der Waals surface area contributed by atoms with E-state index in [2.05, 4.69) is 20.4 Å². The molecule has 0 aliphatic rings. The van der Waals surface area contributed by atoms with Gasteiger partial charge in [-0.15, -0.1) is 0 Å². The number of rotatable bonds is 4. The van der Waals surface area contributed by atoms with Crippen LogP contribution in [0.25, 0.3) is 16.6 Å². The van der Waals surface area contributed by atoms with Crippen LogP contribution in [0.3, 0.4) is 0 Å². The molecule has 0 bridgehead atoms. The Kier molecular flexibility index (Phi) is 4.45. The zero-order valence-corrected chi connectivity index (χ0v) is 15.0. The Morgan fingerprint density at radius 3 is 2.66 bits per heavy atom. The summed E-state index contributed by atoms with van der Waals surface area (Å²) in [6, 6.07) is 10.4. The number of ether oxygens (including phenoxy) is 1. The van der Waals surface area contributed by atoms with E-state index in [1.54, 1.807) is 35.0 Å². The largest absolute Gasteiger partial charge is 0.497 e. The molecular formula is C19H14F3N5O2. The van der Waals surface area contributed by atoms with E-state index >= 15 is 0 Å². The van der Waals surface area contributed by atoms with E-state index in [4.69, 9.17) is 4.74 Å². The fourth-order valence-corrected chi connectivity index (χ4v) is 2.85. The van der Waals surface area contributed by atoms with Crippen LogP contribution in [0.5, 0.6) is 5.75 Å². The van der Waals surface area contributed by atoms with Crippen molar-refractivity contribution in [1.82, 2.24) is 19.7 Å². The molecule has 1 aromatic carbocycles. The van der Waals surface area contributed by atoms with Crippen molar-refractivity contribution in [2.75, 3.05) is 12.4 Å². The SMILES string of the molecule is COc1cccc(-n2[nH]c(=O)c3cnc(Nc4cc(C(F)(F)F)ccn4)cc32)c1. The molecule has 0 fully saturated rings. The number of H-pyrrole nitrogens is 1. The van der Waals surface area contributed by atoms with Gasteiger partial charge in [-0.2, -0.15) is 13.2 Å².